The first-order chi connectivity index (χ1) is 9.74. The fraction of sp³-hybridized carbons (Fsp3) is 0.286. The molecule has 20 heavy (non-hydrogen) atoms. The topological polar surface area (TPSA) is 60.5 Å². The molecule has 1 aliphatic heterocycles. The summed E-state index contributed by atoms with van der Waals surface area (Å²) < 4.78 is 11.0. The molecule has 6 heteroatoms. The third-order valence-corrected chi connectivity index (χ3v) is 3.67. The van der Waals surface area contributed by atoms with Crippen LogP contribution in [0.4, 0.5) is 0 Å². The molecule has 2 aromatic rings. The Morgan fingerprint density at radius 2 is 2.15 bits per heavy atom. The van der Waals surface area contributed by atoms with Crippen LogP contribution in [-0.2, 0) is 0 Å². The molecule has 0 fully saturated rings. The van der Waals surface area contributed by atoms with Gasteiger partial charge >= 0.3 is 0 Å². The van der Waals surface area contributed by atoms with Crippen molar-refractivity contribution in [1.82, 2.24) is 10.3 Å². The predicted octanol–water partition coefficient (Wildman–Crippen LogP) is 2.41. The number of ether oxygens (including phenoxy) is 2. The quantitative estimate of drug-likeness (QED) is 0.943. The van der Waals surface area contributed by atoms with Gasteiger partial charge in [-0.15, -0.1) is 11.3 Å². The van der Waals surface area contributed by atoms with Crippen molar-refractivity contribution in [3.8, 4) is 11.5 Å². The van der Waals surface area contributed by atoms with Crippen molar-refractivity contribution < 1.29 is 14.3 Å². The lowest BCUT2D eigenvalue weighted by Gasteiger charge is -2.21. The second kappa shape index (κ2) is 5.50. The van der Waals surface area contributed by atoms with Gasteiger partial charge in [-0.3, -0.25) is 4.79 Å². The maximum atomic E-state index is 12.0. The summed E-state index contributed by atoms with van der Waals surface area (Å²) in [6.45, 7) is 3.05. The highest BCUT2D eigenvalue weighted by Gasteiger charge is 2.16. The summed E-state index contributed by atoms with van der Waals surface area (Å²) in [5.74, 6) is 1.30. The molecule has 0 radical (unpaired) electrons. The van der Waals surface area contributed by atoms with Crippen LogP contribution in [0.3, 0.4) is 0 Å². The van der Waals surface area contributed by atoms with Gasteiger partial charge in [0, 0.05) is 5.38 Å². The summed E-state index contributed by atoms with van der Waals surface area (Å²) in [6.07, 6.45) is 0. The first-order valence-electron chi connectivity index (χ1n) is 6.32. The van der Waals surface area contributed by atoms with Crippen molar-refractivity contribution in [2.75, 3.05) is 13.2 Å². The summed E-state index contributed by atoms with van der Waals surface area (Å²) in [6, 6.07) is 5.58. The summed E-state index contributed by atoms with van der Waals surface area (Å²) >= 11 is 1.40. The Kier molecular flexibility index (Phi) is 3.56. The van der Waals surface area contributed by atoms with E-state index in [1.165, 1.54) is 11.3 Å². The first kappa shape index (κ1) is 12.9. The van der Waals surface area contributed by atoms with Crippen LogP contribution in [0.5, 0.6) is 11.5 Å². The summed E-state index contributed by atoms with van der Waals surface area (Å²) in [5.41, 5.74) is 3.06. The number of nitrogens with one attached hydrogen (secondary N) is 1. The van der Waals surface area contributed by atoms with Crippen LogP contribution >= 0.6 is 11.3 Å². The zero-order chi connectivity index (χ0) is 13.9. The van der Waals surface area contributed by atoms with Gasteiger partial charge < -0.3 is 14.8 Å². The highest BCUT2D eigenvalue weighted by Crippen LogP contribution is 2.32. The molecule has 104 valence electrons. The van der Waals surface area contributed by atoms with Gasteiger partial charge in [0.05, 0.1) is 11.6 Å². The van der Waals surface area contributed by atoms with Gasteiger partial charge in [0.15, 0.2) is 11.5 Å². The number of fused-ring (bicyclic) bond motifs is 1. The van der Waals surface area contributed by atoms with Gasteiger partial charge in [0.1, 0.15) is 18.9 Å². The molecular weight excluding hydrogens is 276 g/mol. The fourth-order valence-corrected chi connectivity index (χ4v) is 2.54. The van der Waals surface area contributed by atoms with Crippen LogP contribution in [0.25, 0.3) is 0 Å². The molecule has 2 heterocycles. The zero-order valence-corrected chi connectivity index (χ0v) is 11.8. The first-order valence-corrected chi connectivity index (χ1v) is 7.27. The summed E-state index contributed by atoms with van der Waals surface area (Å²) in [7, 11) is 0. The lowest BCUT2D eigenvalue weighted by atomic mass is 10.1. The van der Waals surface area contributed by atoms with Crippen LogP contribution in [0, 0.1) is 0 Å². The molecule has 0 aliphatic carbocycles. The molecule has 0 bridgehead atoms. The monoisotopic (exact) mass is 290 g/mol. The SMILES string of the molecule is CC(NC(=O)c1cscn1)c1ccc2c(c1)OCCO2. The minimum absolute atomic E-state index is 0.125. The number of nitrogens with zero attached hydrogens (tertiary/aromatic N) is 1. The van der Waals surface area contributed by atoms with Crippen LogP contribution in [0.15, 0.2) is 29.1 Å². The maximum absolute atomic E-state index is 12.0. The highest BCUT2D eigenvalue weighted by atomic mass is 32.1. The smallest absolute Gasteiger partial charge is 0.271 e. The second-order valence-electron chi connectivity index (χ2n) is 4.47. The van der Waals surface area contributed by atoms with Gasteiger partial charge in [0.2, 0.25) is 0 Å². The number of thiazole rings is 1. The number of amides is 1. The Balaban J connectivity index is 1.74. The third-order valence-electron chi connectivity index (χ3n) is 3.08. The fourth-order valence-electron chi connectivity index (χ4n) is 2.01. The Morgan fingerprint density at radius 3 is 2.90 bits per heavy atom. The maximum Gasteiger partial charge on any atom is 0.271 e. The number of hydrogen-bond acceptors (Lipinski definition) is 5. The van der Waals surface area contributed by atoms with E-state index in [2.05, 4.69) is 10.3 Å². The van der Waals surface area contributed by atoms with E-state index in [-0.39, 0.29) is 11.9 Å². The lowest BCUT2D eigenvalue weighted by molar-refractivity contribution is 0.0935. The average Bonchev–Trinajstić information content (AvgIpc) is 3.01. The Bertz CT molecular complexity index is 613. The van der Waals surface area contributed by atoms with Gasteiger partial charge in [-0.05, 0) is 24.6 Å². The van der Waals surface area contributed by atoms with Crippen LogP contribution in [0.1, 0.15) is 29.0 Å². The van der Waals surface area contributed by atoms with E-state index in [4.69, 9.17) is 9.47 Å². The van der Waals surface area contributed by atoms with Crippen molar-refractivity contribution in [2.45, 2.75) is 13.0 Å². The number of benzene rings is 1. The molecule has 3 rings (SSSR count). The van der Waals surface area contributed by atoms with E-state index >= 15 is 0 Å². The van der Waals surface area contributed by atoms with Crippen molar-refractivity contribution in [1.29, 1.82) is 0 Å². The summed E-state index contributed by atoms with van der Waals surface area (Å²) in [5, 5.41) is 4.64. The van der Waals surface area contributed by atoms with Gasteiger partial charge in [0.25, 0.3) is 5.91 Å². The molecule has 1 aromatic heterocycles. The van der Waals surface area contributed by atoms with Gasteiger partial charge in [-0.2, -0.15) is 0 Å². The van der Waals surface area contributed by atoms with Crippen LogP contribution < -0.4 is 14.8 Å². The molecule has 1 aliphatic rings. The van der Waals surface area contributed by atoms with E-state index in [1.807, 2.05) is 25.1 Å². The molecule has 5 nitrogen and oxygen atoms in total. The second-order valence-corrected chi connectivity index (χ2v) is 5.19. The number of hydrogen-bond donors (Lipinski definition) is 1. The molecule has 1 N–H and O–H groups in total. The molecule has 0 saturated heterocycles. The van der Waals surface area contributed by atoms with Gasteiger partial charge in [-0.25, -0.2) is 4.98 Å². The summed E-state index contributed by atoms with van der Waals surface area (Å²) in [4.78, 5) is 16.0. The lowest BCUT2D eigenvalue weighted by Crippen LogP contribution is -2.27. The Morgan fingerprint density at radius 1 is 1.35 bits per heavy atom. The molecule has 1 atom stereocenters. The van der Waals surface area contributed by atoms with Crippen molar-refractivity contribution in [3.63, 3.8) is 0 Å². The largest absolute Gasteiger partial charge is 0.486 e. The minimum Gasteiger partial charge on any atom is -0.486 e. The Labute approximate surface area is 120 Å². The Hall–Kier alpha value is -2.08. The number of carbonyl (C=O) groups is 1. The molecule has 1 unspecified atom stereocenters. The van der Waals surface area contributed by atoms with Crippen molar-refractivity contribution in [3.05, 3.63) is 40.3 Å². The predicted molar refractivity (Wildman–Crippen MR) is 75.4 cm³/mol. The zero-order valence-electron chi connectivity index (χ0n) is 11.0. The molecule has 0 spiro atoms. The van der Waals surface area contributed by atoms with E-state index in [1.54, 1.807) is 10.9 Å². The third kappa shape index (κ3) is 2.60. The highest BCUT2D eigenvalue weighted by molar-refractivity contribution is 7.07. The molecule has 0 saturated carbocycles. The van der Waals surface area contributed by atoms with Crippen molar-refractivity contribution >= 4 is 17.2 Å². The number of aromatic nitrogens is 1. The standard InChI is InChI=1S/C14H14N2O3S/c1-9(16-14(17)11-7-20-8-15-11)10-2-3-12-13(6-10)19-5-4-18-12/h2-3,6-9H,4-5H2,1H3,(H,16,17). The molecular formula is C14H14N2O3S. The van der Waals surface area contributed by atoms with Crippen LogP contribution in [0.2, 0.25) is 0 Å². The minimum atomic E-state index is -0.173. The molecule has 1 amide bonds. The van der Waals surface area contributed by atoms with E-state index in [0.717, 1.165) is 17.1 Å². The molecule has 1 aromatic carbocycles. The number of carbonyl (C=O) groups excluding carboxylic acids is 1. The van der Waals surface area contributed by atoms with Crippen LogP contribution in [-0.4, -0.2) is 24.1 Å². The van der Waals surface area contributed by atoms with E-state index in [0.29, 0.717) is 18.9 Å². The van der Waals surface area contributed by atoms with Crippen molar-refractivity contribution in [2.24, 2.45) is 0 Å². The van der Waals surface area contributed by atoms with E-state index in [9.17, 15) is 4.79 Å². The number of rotatable bonds is 3. The average molecular weight is 290 g/mol. The van der Waals surface area contributed by atoms with Gasteiger partial charge in [-0.1, -0.05) is 6.07 Å². The normalized spacial score (nSPS) is 14.7. The van der Waals surface area contributed by atoms with E-state index < -0.39 is 0 Å².